The van der Waals surface area contributed by atoms with Gasteiger partial charge in [0.05, 0.1) is 16.2 Å². The Morgan fingerprint density at radius 2 is 1.92 bits per heavy atom. The van der Waals surface area contributed by atoms with Crippen molar-refractivity contribution in [3.63, 3.8) is 0 Å². The van der Waals surface area contributed by atoms with E-state index in [1.54, 1.807) is 0 Å². The molecule has 0 heterocycles. The van der Waals surface area contributed by atoms with E-state index in [2.05, 4.69) is 5.32 Å². The summed E-state index contributed by atoms with van der Waals surface area (Å²) in [6, 6.07) is 8.20. The van der Waals surface area contributed by atoms with Crippen LogP contribution in [-0.4, -0.2) is 17.4 Å². The second-order valence-electron chi connectivity index (χ2n) is 4.75. The van der Waals surface area contributed by atoms with Gasteiger partial charge in [0, 0.05) is 11.1 Å². The van der Waals surface area contributed by atoms with Gasteiger partial charge in [-0.05, 0) is 24.3 Å². The van der Waals surface area contributed by atoms with Gasteiger partial charge in [-0.2, -0.15) is 13.2 Å². The predicted molar refractivity (Wildman–Crippen MR) is 83.7 cm³/mol. The molecule has 0 aliphatic rings. The summed E-state index contributed by atoms with van der Waals surface area (Å²) in [4.78, 5) is 22.0. The average molecular weight is 375 g/mol. The van der Waals surface area contributed by atoms with Gasteiger partial charge in [-0.3, -0.25) is 14.9 Å². The van der Waals surface area contributed by atoms with Crippen molar-refractivity contribution in [2.45, 2.75) is 6.18 Å². The minimum atomic E-state index is -4.72. The molecule has 0 bridgehead atoms. The van der Waals surface area contributed by atoms with Gasteiger partial charge in [-0.1, -0.05) is 23.7 Å². The van der Waals surface area contributed by atoms with Gasteiger partial charge in [0.1, 0.15) is 0 Å². The van der Waals surface area contributed by atoms with E-state index in [-0.39, 0.29) is 16.5 Å². The molecular weight excluding hydrogens is 365 g/mol. The lowest BCUT2D eigenvalue weighted by molar-refractivity contribution is -0.385. The van der Waals surface area contributed by atoms with Crippen LogP contribution in [0.5, 0.6) is 5.75 Å². The maximum atomic E-state index is 13.0. The molecule has 0 spiro atoms. The first-order chi connectivity index (χ1) is 11.7. The number of halogens is 4. The summed E-state index contributed by atoms with van der Waals surface area (Å²) < 4.78 is 43.9. The lowest BCUT2D eigenvalue weighted by atomic mass is 10.1. The van der Waals surface area contributed by atoms with Crippen LogP contribution >= 0.6 is 11.6 Å². The van der Waals surface area contributed by atoms with Crippen LogP contribution in [0.2, 0.25) is 5.02 Å². The molecular formula is C15H10ClF3N2O4. The number of carbonyl (C=O) groups excluding carboxylic acids is 1. The highest BCUT2D eigenvalue weighted by molar-refractivity contribution is 6.30. The Bertz CT molecular complexity index is 812. The van der Waals surface area contributed by atoms with Crippen LogP contribution in [-0.2, 0) is 11.0 Å². The zero-order valence-corrected chi connectivity index (χ0v) is 13.1. The van der Waals surface area contributed by atoms with E-state index in [0.29, 0.717) is 6.07 Å². The third kappa shape index (κ3) is 4.83. The van der Waals surface area contributed by atoms with Crippen molar-refractivity contribution in [3.05, 3.63) is 63.2 Å². The van der Waals surface area contributed by atoms with Crippen LogP contribution < -0.4 is 10.1 Å². The second-order valence-corrected chi connectivity index (χ2v) is 5.19. The number of rotatable bonds is 5. The molecule has 0 radical (unpaired) electrons. The minimum Gasteiger partial charge on any atom is -0.477 e. The predicted octanol–water partition coefficient (Wildman–Crippen LogP) is 4.28. The molecule has 2 aromatic rings. The van der Waals surface area contributed by atoms with Crippen molar-refractivity contribution >= 4 is 28.9 Å². The van der Waals surface area contributed by atoms with Crippen LogP contribution in [0.25, 0.3) is 0 Å². The Balaban J connectivity index is 2.11. The zero-order chi connectivity index (χ0) is 18.6. The Morgan fingerprint density at radius 3 is 2.56 bits per heavy atom. The molecule has 1 amide bonds. The number of nitro benzene ring substituents is 1. The van der Waals surface area contributed by atoms with Gasteiger partial charge in [-0.25, -0.2) is 0 Å². The number of alkyl halides is 3. The molecule has 2 rings (SSSR count). The van der Waals surface area contributed by atoms with Gasteiger partial charge < -0.3 is 10.1 Å². The molecule has 1 N–H and O–H groups in total. The number of ether oxygens (including phenoxy) is 1. The Labute approximate surface area is 144 Å². The van der Waals surface area contributed by atoms with E-state index >= 15 is 0 Å². The third-order valence-corrected chi connectivity index (χ3v) is 3.22. The molecule has 0 aliphatic heterocycles. The monoisotopic (exact) mass is 374 g/mol. The number of nitrogens with zero attached hydrogens (tertiary/aromatic N) is 1. The zero-order valence-electron chi connectivity index (χ0n) is 12.3. The number of carbonyl (C=O) groups is 1. The number of hydrogen-bond donors (Lipinski definition) is 1. The van der Waals surface area contributed by atoms with E-state index in [1.807, 2.05) is 0 Å². The number of nitrogens with one attached hydrogen (secondary N) is 1. The quantitative estimate of drug-likeness (QED) is 0.625. The molecule has 0 atom stereocenters. The summed E-state index contributed by atoms with van der Waals surface area (Å²) in [5.74, 6) is -1.08. The first-order valence-electron chi connectivity index (χ1n) is 6.71. The SMILES string of the molecule is O=C(COc1ccccc1[N+](=O)[O-])Nc1ccc(Cl)cc1C(F)(F)F. The van der Waals surface area contributed by atoms with Gasteiger partial charge >= 0.3 is 11.9 Å². The largest absolute Gasteiger partial charge is 0.477 e. The smallest absolute Gasteiger partial charge is 0.418 e. The topological polar surface area (TPSA) is 81.5 Å². The summed E-state index contributed by atoms with van der Waals surface area (Å²) >= 11 is 5.55. The fourth-order valence-corrected chi connectivity index (χ4v) is 2.09. The molecule has 10 heteroatoms. The van der Waals surface area contributed by atoms with Crippen molar-refractivity contribution in [2.75, 3.05) is 11.9 Å². The number of nitro groups is 1. The standard InChI is InChI=1S/C15H10ClF3N2O4/c16-9-5-6-11(10(7-9)15(17,18)19)20-14(22)8-25-13-4-2-1-3-12(13)21(23)24/h1-7H,8H2,(H,20,22). The van der Waals surface area contributed by atoms with Crippen molar-refractivity contribution in [3.8, 4) is 5.75 Å². The number of amides is 1. The summed E-state index contributed by atoms with van der Waals surface area (Å²) in [5, 5.41) is 12.7. The summed E-state index contributed by atoms with van der Waals surface area (Å²) in [6.07, 6.45) is -4.72. The molecule has 0 fully saturated rings. The fraction of sp³-hybridized carbons (Fsp3) is 0.133. The van der Waals surface area contributed by atoms with E-state index in [9.17, 15) is 28.1 Å². The van der Waals surface area contributed by atoms with Gasteiger partial charge in [0.2, 0.25) is 0 Å². The lowest BCUT2D eigenvalue weighted by Gasteiger charge is -2.14. The first-order valence-corrected chi connectivity index (χ1v) is 7.09. The Kier molecular flexibility index (Phi) is 5.48. The highest BCUT2D eigenvalue weighted by atomic mass is 35.5. The maximum absolute atomic E-state index is 13.0. The lowest BCUT2D eigenvalue weighted by Crippen LogP contribution is -2.22. The highest BCUT2D eigenvalue weighted by Gasteiger charge is 2.34. The van der Waals surface area contributed by atoms with E-state index in [4.69, 9.17) is 16.3 Å². The molecule has 6 nitrogen and oxygen atoms in total. The normalized spacial score (nSPS) is 11.0. The molecule has 25 heavy (non-hydrogen) atoms. The minimum absolute atomic E-state index is 0.138. The molecule has 2 aromatic carbocycles. The van der Waals surface area contributed by atoms with Gasteiger partial charge in [0.15, 0.2) is 12.4 Å². The van der Waals surface area contributed by atoms with Crippen molar-refractivity contribution < 1.29 is 27.6 Å². The number of benzene rings is 2. The van der Waals surface area contributed by atoms with Crippen LogP contribution in [0.4, 0.5) is 24.5 Å². The molecule has 0 saturated carbocycles. The molecule has 0 unspecified atom stereocenters. The first kappa shape index (κ1) is 18.5. The van der Waals surface area contributed by atoms with Crippen molar-refractivity contribution in [1.82, 2.24) is 0 Å². The maximum Gasteiger partial charge on any atom is 0.418 e. The highest BCUT2D eigenvalue weighted by Crippen LogP contribution is 2.36. The second kappa shape index (κ2) is 7.39. The number of hydrogen-bond acceptors (Lipinski definition) is 4. The fourth-order valence-electron chi connectivity index (χ4n) is 1.92. The van der Waals surface area contributed by atoms with E-state index in [1.165, 1.54) is 30.3 Å². The third-order valence-electron chi connectivity index (χ3n) is 2.98. The molecule has 0 aliphatic carbocycles. The summed E-state index contributed by atoms with van der Waals surface area (Å²) in [5.41, 5.74) is -1.97. The molecule has 0 saturated heterocycles. The van der Waals surface area contributed by atoms with Gasteiger partial charge in [-0.15, -0.1) is 0 Å². The van der Waals surface area contributed by atoms with Crippen LogP contribution in [0.15, 0.2) is 42.5 Å². The Morgan fingerprint density at radius 1 is 1.24 bits per heavy atom. The van der Waals surface area contributed by atoms with Crippen LogP contribution in [0.3, 0.4) is 0 Å². The Hall–Kier alpha value is -2.81. The number of para-hydroxylation sites is 2. The van der Waals surface area contributed by atoms with Crippen LogP contribution in [0, 0.1) is 10.1 Å². The molecule has 132 valence electrons. The number of anilines is 1. The average Bonchev–Trinajstić information content (AvgIpc) is 2.54. The van der Waals surface area contributed by atoms with Crippen molar-refractivity contribution in [1.29, 1.82) is 0 Å². The summed E-state index contributed by atoms with van der Waals surface area (Å²) in [6.45, 7) is -0.704. The van der Waals surface area contributed by atoms with E-state index in [0.717, 1.165) is 6.07 Å². The van der Waals surface area contributed by atoms with Crippen LogP contribution in [0.1, 0.15) is 5.56 Å². The molecule has 0 aromatic heterocycles. The van der Waals surface area contributed by atoms with E-state index < -0.39 is 34.9 Å². The van der Waals surface area contributed by atoms with Crippen molar-refractivity contribution in [2.24, 2.45) is 0 Å². The van der Waals surface area contributed by atoms with Gasteiger partial charge in [0.25, 0.3) is 5.91 Å². The summed E-state index contributed by atoms with van der Waals surface area (Å²) in [7, 11) is 0.